The number of rotatable bonds is 6. The molecule has 0 bridgehead atoms. The summed E-state index contributed by atoms with van der Waals surface area (Å²) in [4.78, 5) is 0. The SMILES string of the molecule is CCCCCCOP1OCCCO1. The molecule has 13 heavy (non-hydrogen) atoms. The lowest BCUT2D eigenvalue weighted by Gasteiger charge is -2.20. The second-order valence-electron chi connectivity index (χ2n) is 3.14. The zero-order chi connectivity index (χ0) is 9.36. The minimum atomic E-state index is -0.993. The van der Waals surface area contributed by atoms with E-state index in [-0.39, 0.29) is 0 Å². The highest BCUT2D eigenvalue weighted by atomic mass is 31.2. The highest BCUT2D eigenvalue weighted by molar-refractivity contribution is 7.41. The fourth-order valence-electron chi connectivity index (χ4n) is 1.12. The van der Waals surface area contributed by atoms with Gasteiger partial charge in [-0.25, -0.2) is 0 Å². The summed E-state index contributed by atoms with van der Waals surface area (Å²) >= 11 is 0. The van der Waals surface area contributed by atoms with Crippen LogP contribution >= 0.6 is 8.60 Å². The summed E-state index contributed by atoms with van der Waals surface area (Å²) in [5.74, 6) is 0. The molecule has 0 aromatic rings. The van der Waals surface area contributed by atoms with Crippen LogP contribution in [0.15, 0.2) is 0 Å². The van der Waals surface area contributed by atoms with Crippen LogP contribution in [0.5, 0.6) is 0 Å². The summed E-state index contributed by atoms with van der Waals surface area (Å²) in [5.41, 5.74) is 0. The smallest absolute Gasteiger partial charge is 0.312 e. The van der Waals surface area contributed by atoms with E-state index in [0.29, 0.717) is 0 Å². The van der Waals surface area contributed by atoms with Gasteiger partial charge in [-0.1, -0.05) is 26.2 Å². The molecule has 0 N–H and O–H groups in total. The van der Waals surface area contributed by atoms with Crippen LogP contribution < -0.4 is 0 Å². The van der Waals surface area contributed by atoms with E-state index in [2.05, 4.69) is 6.92 Å². The van der Waals surface area contributed by atoms with Crippen LogP contribution in [0, 0.1) is 0 Å². The lowest BCUT2D eigenvalue weighted by atomic mass is 10.2. The second-order valence-corrected chi connectivity index (χ2v) is 4.36. The van der Waals surface area contributed by atoms with Crippen LogP contribution in [0.3, 0.4) is 0 Å². The Balaban J connectivity index is 1.86. The van der Waals surface area contributed by atoms with Gasteiger partial charge in [-0.2, -0.15) is 0 Å². The van der Waals surface area contributed by atoms with Gasteiger partial charge in [0.15, 0.2) is 0 Å². The van der Waals surface area contributed by atoms with Gasteiger partial charge in [0.05, 0.1) is 19.8 Å². The van der Waals surface area contributed by atoms with Crippen molar-refractivity contribution in [3.63, 3.8) is 0 Å². The summed E-state index contributed by atoms with van der Waals surface area (Å²) in [6, 6.07) is 0. The molecule has 3 nitrogen and oxygen atoms in total. The van der Waals surface area contributed by atoms with Crippen molar-refractivity contribution in [1.29, 1.82) is 0 Å². The van der Waals surface area contributed by atoms with Gasteiger partial charge in [0.1, 0.15) is 0 Å². The van der Waals surface area contributed by atoms with Gasteiger partial charge >= 0.3 is 8.60 Å². The molecule has 0 unspecified atom stereocenters. The molecule has 0 saturated carbocycles. The third-order valence-corrected chi connectivity index (χ3v) is 3.06. The Bertz CT molecular complexity index is 115. The van der Waals surface area contributed by atoms with Crippen molar-refractivity contribution in [2.75, 3.05) is 19.8 Å². The summed E-state index contributed by atoms with van der Waals surface area (Å²) < 4.78 is 16.1. The molecule has 1 heterocycles. The highest BCUT2D eigenvalue weighted by Gasteiger charge is 2.15. The first-order chi connectivity index (χ1) is 6.43. The highest BCUT2D eigenvalue weighted by Crippen LogP contribution is 2.42. The summed E-state index contributed by atoms with van der Waals surface area (Å²) in [7, 11) is -0.993. The van der Waals surface area contributed by atoms with E-state index in [4.69, 9.17) is 13.6 Å². The monoisotopic (exact) mass is 206 g/mol. The Morgan fingerprint density at radius 3 is 2.62 bits per heavy atom. The van der Waals surface area contributed by atoms with Crippen LogP contribution in [-0.4, -0.2) is 19.8 Å². The van der Waals surface area contributed by atoms with Gasteiger partial charge in [-0.15, -0.1) is 0 Å². The molecule has 0 amide bonds. The topological polar surface area (TPSA) is 27.7 Å². The summed E-state index contributed by atoms with van der Waals surface area (Å²) in [5, 5.41) is 0. The van der Waals surface area contributed by atoms with E-state index < -0.39 is 8.60 Å². The average molecular weight is 206 g/mol. The number of hydrogen-bond acceptors (Lipinski definition) is 3. The molecule has 78 valence electrons. The van der Waals surface area contributed by atoms with Crippen molar-refractivity contribution < 1.29 is 13.6 Å². The molecule has 0 spiro atoms. The van der Waals surface area contributed by atoms with Gasteiger partial charge < -0.3 is 13.6 Å². The maximum Gasteiger partial charge on any atom is 0.332 e. The predicted molar refractivity (Wildman–Crippen MR) is 53.5 cm³/mol. The van der Waals surface area contributed by atoms with Crippen LogP contribution in [0.1, 0.15) is 39.0 Å². The van der Waals surface area contributed by atoms with Crippen molar-refractivity contribution in [1.82, 2.24) is 0 Å². The molecule has 1 saturated heterocycles. The third-order valence-electron chi connectivity index (χ3n) is 1.88. The zero-order valence-electron chi connectivity index (χ0n) is 8.33. The van der Waals surface area contributed by atoms with Gasteiger partial charge in [0.2, 0.25) is 0 Å². The lowest BCUT2D eigenvalue weighted by molar-refractivity contribution is 0.114. The normalized spacial score (nSPS) is 19.2. The molecular weight excluding hydrogens is 187 g/mol. The fraction of sp³-hybridized carbons (Fsp3) is 1.00. The van der Waals surface area contributed by atoms with Crippen LogP contribution in [-0.2, 0) is 13.6 Å². The average Bonchev–Trinajstić information content (AvgIpc) is 2.19. The van der Waals surface area contributed by atoms with E-state index in [0.717, 1.165) is 32.7 Å². The number of hydrogen-bond donors (Lipinski definition) is 0. The second kappa shape index (κ2) is 7.69. The minimum Gasteiger partial charge on any atom is -0.312 e. The van der Waals surface area contributed by atoms with Gasteiger partial charge in [0, 0.05) is 0 Å². The predicted octanol–water partition coefficient (Wildman–Crippen LogP) is 3.25. The van der Waals surface area contributed by atoms with Crippen LogP contribution in [0.25, 0.3) is 0 Å². The molecule has 0 atom stereocenters. The van der Waals surface area contributed by atoms with E-state index >= 15 is 0 Å². The first-order valence-electron chi connectivity index (χ1n) is 5.12. The van der Waals surface area contributed by atoms with E-state index in [1.165, 1.54) is 19.3 Å². The van der Waals surface area contributed by atoms with Crippen molar-refractivity contribution in [3.8, 4) is 0 Å². The Morgan fingerprint density at radius 1 is 1.15 bits per heavy atom. The van der Waals surface area contributed by atoms with Gasteiger partial charge in [0.25, 0.3) is 0 Å². The molecule has 0 aromatic carbocycles. The Hall–Kier alpha value is 0.310. The molecule has 1 rings (SSSR count). The molecule has 1 aliphatic rings. The summed E-state index contributed by atoms with van der Waals surface area (Å²) in [6.45, 7) is 4.57. The zero-order valence-corrected chi connectivity index (χ0v) is 9.22. The first kappa shape index (κ1) is 11.4. The first-order valence-corrected chi connectivity index (χ1v) is 6.22. The van der Waals surface area contributed by atoms with Crippen LogP contribution in [0.2, 0.25) is 0 Å². The van der Waals surface area contributed by atoms with Gasteiger partial charge in [-0.05, 0) is 12.8 Å². The Labute approximate surface area is 81.8 Å². The number of unbranched alkanes of at least 4 members (excludes halogenated alkanes) is 3. The standard InChI is InChI=1S/C9H19O3P/c1-2-3-4-5-7-10-13-11-8-6-9-12-13/h2-9H2,1H3. The maximum absolute atomic E-state index is 5.45. The van der Waals surface area contributed by atoms with E-state index in [9.17, 15) is 0 Å². The maximum atomic E-state index is 5.45. The minimum absolute atomic E-state index is 0.783. The molecular formula is C9H19O3P. The van der Waals surface area contributed by atoms with E-state index in [1.807, 2.05) is 0 Å². The largest absolute Gasteiger partial charge is 0.332 e. The molecule has 4 heteroatoms. The van der Waals surface area contributed by atoms with Gasteiger partial charge in [-0.3, -0.25) is 0 Å². The fourth-order valence-corrected chi connectivity index (χ4v) is 2.17. The summed E-state index contributed by atoms with van der Waals surface area (Å²) in [6.07, 6.45) is 5.93. The molecule has 0 aliphatic carbocycles. The van der Waals surface area contributed by atoms with Crippen molar-refractivity contribution in [3.05, 3.63) is 0 Å². The lowest BCUT2D eigenvalue weighted by Crippen LogP contribution is -2.07. The van der Waals surface area contributed by atoms with Crippen molar-refractivity contribution in [2.45, 2.75) is 39.0 Å². The van der Waals surface area contributed by atoms with Crippen molar-refractivity contribution in [2.24, 2.45) is 0 Å². The van der Waals surface area contributed by atoms with Crippen LogP contribution in [0.4, 0.5) is 0 Å². The molecule has 0 aromatic heterocycles. The molecule has 1 fully saturated rings. The quantitative estimate of drug-likeness (QED) is 0.493. The Kier molecular flexibility index (Phi) is 6.73. The van der Waals surface area contributed by atoms with E-state index in [1.54, 1.807) is 0 Å². The molecule has 0 radical (unpaired) electrons. The molecule has 1 aliphatic heterocycles. The third kappa shape index (κ3) is 5.58. The Morgan fingerprint density at radius 2 is 1.92 bits per heavy atom. The van der Waals surface area contributed by atoms with Crippen molar-refractivity contribution >= 4 is 8.60 Å².